The molecule has 1 atom stereocenters. The Morgan fingerprint density at radius 1 is 1.08 bits per heavy atom. The molecule has 24 heavy (non-hydrogen) atoms. The molecule has 0 aliphatic rings. The third kappa shape index (κ3) is 4.77. The van der Waals surface area contributed by atoms with Crippen LogP contribution >= 0.6 is 0 Å². The van der Waals surface area contributed by atoms with Gasteiger partial charge >= 0.3 is 5.97 Å². The van der Waals surface area contributed by atoms with E-state index in [2.05, 4.69) is 5.32 Å². The Morgan fingerprint density at radius 2 is 1.62 bits per heavy atom. The largest absolute Gasteiger partial charge is 0.493 e. The fourth-order valence-electron chi connectivity index (χ4n) is 1.76. The molecule has 9 nitrogen and oxygen atoms in total. The lowest BCUT2D eigenvalue weighted by Gasteiger charge is -2.14. The second kappa shape index (κ2) is 8.61. The molecule has 0 fully saturated rings. The minimum Gasteiger partial charge on any atom is -0.493 e. The third-order valence-corrected chi connectivity index (χ3v) is 3.03. The maximum atomic E-state index is 12.1. The molecule has 0 aliphatic heterocycles. The number of hydrogen-bond donors (Lipinski definition) is 2. The van der Waals surface area contributed by atoms with Crippen LogP contribution in [0.4, 0.5) is 0 Å². The lowest BCUT2D eigenvalue weighted by molar-refractivity contribution is -0.152. The van der Waals surface area contributed by atoms with Crippen LogP contribution in [-0.4, -0.2) is 51.8 Å². The molecule has 0 bridgehead atoms. The fraction of sp³-hybridized carbons (Fsp3) is 0.400. The quantitative estimate of drug-likeness (QED) is 0.631. The smallest absolute Gasteiger partial charge is 0.326 e. The van der Waals surface area contributed by atoms with Gasteiger partial charge in [0.05, 0.1) is 21.3 Å². The minimum absolute atomic E-state index is 0.195. The van der Waals surface area contributed by atoms with Gasteiger partial charge in [-0.3, -0.25) is 14.4 Å². The maximum absolute atomic E-state index is 12.1. The number of primary amides is 1. The first-order valence-corrected chi connectivity index (χ1v) is 6.91. The van der Waals surface area contributed by atoms with Crippen LogP contribution in [0.3, 0.4) is 0 Å². The van der Waals surface area contributed by atoms with E-state index in [0.717, 1.165) is 0 Å². The Labute approximate surface area is 139 Å². The summed E-state index contributed by atoms with van der Waals surface area (Å²) in [4.78, 5) is 34.5. The number of nitrogens with two attached hydrogens (primary N) is 1. The number of rotatable bonds is 8. The highest BCUT2D eigenvalue weighted by atomic mass is 16.5. The van der Waals surface area contributed by atoms with Crippen LogP contribution in [0.25, 0.3) is 0 Å². The van der Waals surface area contributed by atoms with Crippen molar-refractivity contribution in [3.63, 3.8) is 0 Å². The molecule has 9 heteroatoms. The number of nitrogens with one attached hydrogen (secondary N) is 1. The van der Waals surface area contributed by atoms with Gasteiger partial charge < -0.3 is 30.0 Å². The molecule has 0 aromatic heterocycles. The lowest BCUT2D eigenvalue weighted by atomic mass is 10.1. The van der Waals surface area contributed by atoms with E-state index < -0.39 is 30.4 Å². The predicted octanol–water partition coefficient (Wildman–Crippen LogP) is -0.141. The number of carbonyl (C=O) groups is 3. The molecule has 0 saturated carbocycles. The highest BCUT2D eigenvalue weighted by molar-refractivity contribution is 5.97. The molecule has 0 radical (unpaired) electrons. The van der Waals surface area contributed by atoms with Gasteiger partial charge in [0.1, 0.15) is 6.54 Å². The third-order valence-electron chi connectivity index (χ3n) is 3.03. The summed E-state index contributed by atoms with van der Waals surface area (Å²) in [6.45, 7) is 0.911. The van der Waals surface area contributed by atoms with Gasteiger partial charge in [-0.2, -0.15) is 0 Å². The van der Waals surface area contributed by atoms with Crippen molar-refractivity contribution in [3.05, 3.63) is 17.7 Å². The first-order valence-electron chi connectivity index (χ1n) is 6.91. The Balaban J connectivity index is 2.81. The van der Waals surface area contributed by atoms with E-state index in [1.54, 1.807) is 0 Å². The van der Waals surface area contributed by atoms with Crippen LogP contribution in [0.2, 0.25) is 0 Å². The van der Waals surface area contributed by atoms with Crippen molar-refractivity contribution in [2.24, 2.45) is 5.73 Å². The fourth-order valence-corrected chi connectivity index (χ4v) is 1.76. The van der Waals surface area contributed by atoms with E-state index in [1.165, 1.54) is 40.4 Å². The van der Waals surface area contributed by atoms with Crippen LogP contribution in [-0.2, 0) is 14.3 Å². The number of ether oxygens (including phenoxy) is 4. The topological polar surface area (TPSA) is 126 Å². The average Bonchev–Trinajstić information content (AvgIpc) is 2.57. The number of benzene rings is 1. The molecular formula is C15H20N2O7. The zero-order chi connectivity index (χ0) is 18.3. The zero-order valence-corrected chi connectivity index (χ0v) is 13.9. The van der Waals surface area contributed by atoms with Crippen LogP contribution < -0.4 is 25.3 Å². The Bertz CT molecular complexity index is 605. The molecule has 0 unspecified atom stereocenters. The summed E-state index contributed by atoms with van der Waals surface area (Å²) in [5.41, 5.74) is 5.17. The molecule has 0 saturated heterocycles. The molecule has 0 aliphatic carbocycles. The summed E-state index contributed by atoms with van der Waals surface area (Å²) in [7, 11) is 4.28. The van der Waals surface area contributed by atoms with Crippen molar-refractivity contribution in [1.82, 2.24) is 5.32 Å². The summed E-state index contributed by atoms with van der Waals surface area (Å²) in [6, 6.07) is 2.88. The van der Waals surface area contributed by atoms with Gasteiger partial charge in [0.25, 0.3) is 11.8 Å². The summed E-state index contributed by atoms with van der Waals surface area (Å²) < 4.78 is 20.2. The van der Waals surface area contributed by atoms with Gasteiger partial charge in [-0.15, -0.1) is 0 Å². The first-order chi connectivity index (χ1) is 11.3. The van der Waals surface area contributed by atoms with Crippen molar-refractivity contribution < 1.29 is 33.3 Å². The summed E-state index contributed by atoms with van der Waals surface area (Å²) in [5, 5.41) is 2.37. The Kier molecular flexibility index (Phi) is 6.84. The molecule has 1 aromatic rings. The van der Waals surface area contributed by atoms with E-state index in [0.29, 0.717) is 17.2 Å². The van der Waals surface area contributed by atoms with Gasteiger partial charge in [-0.1, -0.05) is 0 Å². The standard InChI is InChI=1S/C15H20N2O7/c1-8(14(16)19)24-12(18)7-17-15(20)9-5-10(21-2)13(23-4)11(6-9)22-3/h5-6,8H,7H2,1-4H3,(H2,16,19)(H,17,20)/t8-/m0/s1. The molecule has 0 heterocycles. The monoisotopic (exact) mass is 340 g/mol. The molecule has 0 spiro atoms. The SMILES string of the molecule is COc1cc(C(=O)NCC(=O)O[C@@H](C)C(N)=O)cc(OC)c1OC. The highest BCUT2D eigenvalue weighted by Crippen LogP contribution is 2.38. The van der Waals surface area contributed by atoms with Gasteiger partial charge in [0, 0.05) is 5.56 Å². The Morgan fingerprint density at radius 3 is 2.04 bits per heavy atom. The van der Waals surface area contributed by atoms with Crippen molar-refractivity contribution in [3.8, 4) is 17.2 Å². The zero-order valence-electron chi connectivity index (χ0n) is 13.9. The molecule has 2 amide bonds. The van der Waals surface area contributed by atoms with Gasteiger partial charge in [-0.05, 0) is 19.1 Å². The molecule has 132 valence electrons. The van der Waals surface area contributed by atoms with Crippen molar-refractivity contribution in [2.45, 2.75) is 13.0 Å². The van der Waals surface area contributed by atoms with Gasteiger partial charge in [0.2, 0.25) is 5.75 Å². The maximum Gasteiger partial charge on any atom is 0.326 e. The van der Waals surface area contributed by atoms with E-state index >= 15 is 0 Å². The Hall–Kier alpha value is -2.97. The molecule has 1 aromatic carbocycles. The average molecular weight is 340 g/mol. The minimum atomic E-state index is -1.07. The van der Waals surface area contributed by atoms with Crippen LogP contribution in [0.5, 0.6) is 17.2 Å². The van der Waals surface area contributed by atoms with E-state index in [-0.39, 0.29) is 5.56 Å². The van der Waals surface area contributed by atoms with Gasteiger partial charge in [-0.25, -0.2) is 0 Å². The second-order valence-electron chi connectivity index (χ2n) is 4.63. The van der Waals surface area contributed by atoms with Crippen LogP contribution in [0.15, 0.2) is 12.1 Å². The lowest BCUT2D eigenvalue weighted by Crippen LogP contribution is -2.36. The van der Waals surface area contributed by atoms with E-state index in [1.807, 2.05) is 0 Å². The van der Waals surface area contributed by atoms with Crippen molar-refractivity contribution in [2.75, 3.05) is 27.9 Å². The predicted molar refractivity (Wildman–Crippen MR) is 83.2 cm³/mol. The van der Waals surface area contributed by atoms with Gasteiger partial charge in [0.15, 0.2) is 17.6 Å². The number of esters is 1. The number of methoxy groups -OCH3 is 3. The first kappa shape index (κ1) is 19.1. The number of amides is 2. The van der Waals surface area contributed by atoms with Crippen LogP contribution in [0.1, 0.15) is 17.3 Å². The summed E-state index contributed by atoms with van der Waals surface area (Å²) >= 11 is 0. The van der Waals surface area contributed by atoms with Crippen molar-refractivity contribution >= 4 is 17.8 Å². The van der Waals surface area contributed by atoms with Crippen LogP contribution in [0, 0.1) is 0 Å². The molecular weight excluding hydrogens is 320 g/mol. The summed E-state index contributed by atoms with van der Waals surface area (Å²) in [5.74, 6) is -1.19. The molecule has 1 rings (SSSR count). The normalized spacial score (nSPS) is 11.2. The second-order valence-corrected chi connectivity index (χ2v) is 4.63. The van der Waals surface area contributed by atoms with Crippen molar-refractivity contribution in [1.29, 1.82) is 0 Å². The van der Waals surface area contributed by atoms with E-state index in [4.69, 9.17) is 24.7 Å². The number of hydrogen-bond acceptors (Lipinski definition) is 7. The summed E-state index contributed by atoms with van der Waals surface area (Å²) in [6.07, 6.45) is -1.07. The number of carbonyl (C=O) groups excluding carboxylic acids is 3. The van der Waals surface area contributed by atoms with E-state index in [9.17, 15) is 14.4 Å². The molecule has 3 N–H and O–H groups in total. The highest BCUT2D eigenvalue weighted by Gasteiger charge is 2.19.